The standard InChI is InChI=1S/C23H22ClFN2O4/c1-2-30-22-11-18(14-26-13-16-3-7-19(25)8-4-16)21(24)12-23(22)31-15-17-5-9-20(10-6-17)27(28)29/h3-12,26H,2,13-15H2,1H3. The number of nitro benzene ring substituents is 1. The highest BCUT2D eigenvalue weighted by molar-refractivity contribution is 6.31. The third kappa shape index (κ3) is 6.41. The number of hydrogen-bond donors (Lipinski definition) is 1. The van der Waals surface area contributed by atoms with Gasteiger partial charge in [0, 0.05) is 36.3 Å². The van der Waals surface area contributed by atoms with Gasteiger partial charge in [-0.05, 0) is 53.9 Å². The highest BCUT2D eigenvalue weighted by Crippen LogP contribution is 2.34. The Labute approximate surface area is 184 Å². The van der Waals surface area contributed by atoms with E-state index in [1.165, 1.54) is 24.3 Å². The van der Waals surface area contributed by atoms with E-state index in [-0.39, 0.29) is 18.1 Å². The molecule has 3 aromatic rings. The number of halogens is 2. The van der Waals surface area contributed by atoms with Crippen LogP contribution >= 0.6 is 11.6 Å². The average Bonchev–Trinajstić information content (AvgIpc) is 2.76. The lowest BCUT2D eigenvalue weighted by atomic mass is 10.1. The van der Waals surface area contributed by atoms with Crippen molar-refractivity contribution < 1.29 is 18.8 Å². The van der Waals surface area contributed by atoms with Gasteiger partial charge in [-0.15, -0.1) is 0 Å². The van der Waals surface area contributed by atoms with E-state index >= 15 is 0 Å². The van der Waals surface area contributed by atoms with E-state index < -0.39 is 4.92 Å². The molecule has 0 fully saturated rings. The molecule has 0 amide bonds. The first-order valence-electron chi connectivity index (χ1n) is 9.72. The Bertz CT molecular complexity index is 1030. The van der Waals surface area contributed by atoms with Crippen molar-refractivity contribution in [1.29, 1.82) is 0 Å². The smallest absolute Gasteiger partial charge is 0.269 e. The minimum Gasteiger partial charge on any atom is -0.490 e. The van der Waals surface area contributed by atoms with E-state index in [9.17, 15) is 14.5 Å². The molecular formula is C23H22ClFN2O4. The molecule has 6 nitrogen and oxygen atoms in total. The number of nitrogens with one attached hydrogen (secondary N) is 1. The van der Waals surface area contributed by atoms with Crippen molar-refractivity contribution in [2.45, 2.75) is 26.6 Å². The Balaban J connectivity index is 1.65. The molecule has 0 aromatic heterocycles. The summed E-state index contributed by atoms with van der Waals surface area (Å²) in [6.07, 6.45) is 0. The van der Waals surface area contributed by atoms with Crippen molar-refractivity contribution in [2.24, 2.45) is 0 Å². The van der Waals surface area contributed by atoms with Gasteiger partial charge in [-0.1, -0.05) is 23.7 Å². The number of nitro groups is 1. The summed E-state index contributed by atoms with van der Waals surface area (Å²) in [6, 6.07) is 16.0. The van der Waals surface area contributed by atoms with E-state index in [1.807, 2.05) is 13.0 Å². The fourth-order valence-corrected chi connectivity index (χ4v) is 3.13. The Morgan fingerprint density at radius 2 is 1.61 bits per heavy atom. The number of rotatable bonds is 10. The second-order valence-corrected chi connectivity index (χ2v) is 7.17. The zero-order valence-electron chi connectivity index (χ0n) is 16.9. The monoisotopic (exact) mass is 444 g/mol. The van der Waals surface area contributed by atoms with Gasteiger partial charge in [0.15, 0.2) is 11.5 Å². The molecule has 3 rings (SSSR count). The van der Waals surface area contributed by atoms with Gasteiger partial charge in [0.2, 0.25) is 0 Å². The first kappa shape index (κ1) is 22.5. The first-order valence-corrected chi connectivity index (χ1v) is 10.1. The minimum absolute atomic E-state index is 0.0271. The molecule has 162 valence electrons. The summed E-state index contributed by atoms with van der Waals surface area (Å²) in [5.41, 5.74) is 2.62. The highest BCUT2D eigenvalue weighted by Gasteiger charge is 2.12. The highest BCUT2D eigenvalue weighted by atomic mass is 35.5. The lowest BCUT2D eigenvalue weighted by Crippen LogP contribution is -2.13. The molecule has 31 heavy (non-hydrogen) atoms. The molecule has 0 radical (unpaired) electrons. The summed E-state index contributed by atoms with van der Waals surface area (Å²) < 4.78 is 24.6. The van der Waals surface area contributed by atoms with Gasteiger partial charge in [0.1, 0.15) is 12.4 Å². The van der Waals surface area contributed by atoms with Crippen LogP contribution in [-0.4, -0.2) is 11.5 Å². The summed E-state index contributed by atoms with van der Waals surface area (Å²) in [5, 5.41) is 14.6. The Morgan fingerprint density at radius 1 is 0.968 bits per heavy atom. The molecule has 1 N–H and O–H groups in total. The van der Waals surface area contributed by atoms with E-state index in [0.29, 0.717) is 36.2 Å². The zero-order chi connectivity index (χ0) is 22.2. The van der Waals surface area contributed by atoms with Crippen LogP contribution in [-0.2, 0) is 19.7 Å². The van der Waals surface area contributed by atoms with Crippen LogP contribution in [0, 0.1) is 15.9 Å². The maximum absolute atomic E-state index is 13.0. The van der Waals surface area contributed by atoms with Crippen LogP contribution in [0.1, 0.15) is 23.6 Å². The summed E-state index contributed by atoms with van der Waals surface area (Å²) in [4.78, 5) is 10.3. The maximum Gasteiger partial charge on any atom is 0.269 e. The van der Waals surface area contributed by atoms with Crippen molar-refractivity contribution in [3.63, 3.8) is 0 Å². The van der Waals surface area contributed by atoms with Gasteiger partial charge in [-0.2, -0.15) is 0 Å². The first-order chi connectivity index (χ1) is 15.0. The van der Waals surface area contributed by atoms with Gasteiger partial charge in [0.25, 0.3) is 5.69 Å². The normalized spacial score (nSPS) is 10.7. The lowest BCUT2D eigenvalue weighted by Gasteiger charge is -2.15. The molecule has 0 heterocycles. The fourth-order valence-electron chi connectivity index (χ4n) is 2.91. The minimum atomic E-state index is -0.444. The second kappa shape index (κ2) is 10.7. The van der Waals surface area contributed by atoms with Gasteiger partial charge < -0.3 is 14.8 Å². The van der Waals surface area contributed by atoms with E-state index in [2.05, 4.69) is 5.32 Å². The maximum atomic E-state index is 13.0. The fraction of sp³-hybridized carbons (Fsp3) is 0.217. The Kier molecular flexibility index (Phi) is 7.81. The summed E-state index contributed by atoms with van der Waals surface area (Å²) >= 11 is 6.44. The Morgan fingerprint density at radius 3 is 2.26 bits per heavy atom. The molecule has 0 unspecified atom stereocenters. The van der Waals surface area contributed by atoms with Crippen molar-refractivity contribution in [1.82, 2.24) is 5.32 Å². The van der Waals surface area contributed by atoms with Gasteiger partial charge in [-0.25, -0.2) is 4.39 Å². The zero-order valence-corrected chi connectivity index (χ0v) is 17.7. The van der Waals surface area contributed by atoms with Crippen LogP contribution < -0.4 is 14.8 Å². The predicted octanol–water partition coefficient (Wildman–Crippen LogP) is 5.65. The van der Waals surface area contributed by atoms with Crippen molar-refractivity contribution in [2.75, 3.05) is 6.61 Å². The van der Waals surface area contributed by atoms with Gasteiger partial charge in [-0.3, -0.25) is 10.1 Å². The Hall–Kier alpha value is -3.16. The molecule has 0 spiro atoms. The number of nitrogens with zero attached hydrogens (tertiary/aromatic N) is 1. The van der Waals surface area contributed by atoms with E-state index in [4.69, 9.17) is 21.1 Å². The lowest BCUT2D eigenvalue weighted by molar-refractivity contribution is -0.384. The summed E-state index contributed by atoms with van der Waals surface area (Å²) in [6.45, 7) is 3.62. The largest absolute Gasteiger partial charge is 0.490 e. The van der Waals surface area contributed by atoms with Crippen LogP contribution in [0.4, 0.5) is 10.1 Å². The van der Waals surface area contributed by atoms with Crippen LogP contribution in [0.15, 0.2) is 60.7 Å². The van der Waals surface area contributed by atoms with Crippen molar-refractivity contribution in [3.8, 4) is 11.5 Å². The van der Waals surface area contributed by atoms with Crippen molar-refractivity contribution in [3.05, 3.63) is 98.3 Å². The molecule has 0 aliphatic heterocycles. The molecule has 0 aliphatic carbocycles. The number of ether oxygens (including phenoxy) is 2. The summed E-state index contributed by atoms with van der Waals surface area (Å²) in [5.74, 6) is 0.789. The van der Waals surface area contributed by atoms with Crippen LogP contribution in [0.2, 0.25) is 5.02 Å². The molecule has 0 bridgehead atoms. The number of non-ortho nitro benzene ring substituents is 1. The molecule has 8 heteroatoms. The average molecular weight is 445 g/mol. The second-order valence-electron chi connectivity index (χ2n) is 6.77. The van der Waals surface area contributed by atoms with Gasteiger partial charge in [0.05, 0.1) is 11.5 Å². The van der Waals surface area contributed by atoms with Crippen LogP contribution in [0.3, 0.4) is 0 Å². The van der Waals surface area contributed by atoms with E-state index in [1.54, 1.807) is 30.3 Å². The van der Waals surface area contributed by atoms with E-state index in [0.717, 1.165) is 16.7 Å². The third-order valence-corrected chi connectivity index (χ3v) is 4.86. The summed E-state index contributed by atoms with van der Waals surface area (Å²) in [7, 11) is 0. The van der Waals surface area contributed by atoms with Gasteiger partial charge >= 0.3 is 0 Å². The molecule has 0 aliphatic rings. The predicted molar refractivity (Wildman–Crippen MR) is 117 cm³/mol. The third-order valence-electron chi connectivity index (χ3n) is 4.51. The van der Waals surface area contributed by atoms with Crippen molar-refractivity contribution >= 4 is 17.3 Å². The number of hydrogen-bond acceptors (Lipinski definition) is 5. The SMILES string of the molecule is CCOc1cc(CNCc2ccc(F)cc2)c(Cl)cc1OCc1ccc([N+](=O)[O-])cc1. The molecule has 0 saturated carbocycles. The quantitative estimate of drug-likeness (QED) is 0.323. The van der Waals surface area contributed by atoms with Crippen LogP contribution in [0.5, 0.6) is 11.5 Å². The molecule has 0 saturated heterocycles. The topological polar surface area (TPSA) is 73.6 Å². The van der Waals surface area contributed by atoms with Crippen LogP contribution in [0.25, 0.3) is 0 Å². The molecular weight excluding hydrogens is 423 g/mol. The number of benzene rings is 3. The molecule has 3 aromatic carbocycles. The molecule has 0 atom stereocenters.